The van der Waals surface area contributed by atoms with Crippen molar-refractivity contribution in [2.45, 2.75) is 55.0 Å². The van der Waals surface area contributed by atoms with E-state index in [2.05, 4.69) is 9.62 Å². The lowest BCUT2D eigenvalue weighted by Gasteiger charge is -2.41. The number of hydrogen-bond donors (Lipinski definition) is 2. The predicted molar refractivity (Wildman–Crippen MR) is 152 cm³/mol. The Morgan fingerprint density at radius 2 is 1.61 bits per heavy atom. The number of nitrogens with one attached hydrogen (secondary N) is 1. The Labute approximate surface area is 241 Å². The first-order valence-corrected chi connectivity index (χ1v) is 15.6. The van der Waals surface area contributed by atoms with E-state index in [1.165, 1.54) is 0 Å². The van der Waals surface area contributed by atoms with E-state index in [0.717, 1.165) is 49.2 Å². The second-order valence-corrected chi connectivity index (χ2v) is 12.5. The van der Waals surface area contributed by atoms with Gasteiger partial charge in [0.25, 0.3) is 10.0 Å². The molecule has 10 heteroatoms. The molecule has 0 saturated carbocycles. The lowest BCUT2D eigenvalue weighted by Crippen LogP contribution is -2.48. The van der Waals surface area contributed by atoms with Crippen LogP contribution in [0.3, 0.4) is 0 Å². The topological polar surface area (TPSA) is 107 Å². The van der Waals surface area contributed by atoms with Crippen LogP contribution in [0.1, 0.15) is 48.3 Å². The second-order valence-electron chi connectivity index (χ2n) is 10.8. The van der Waals surface area contributed by atoms with Crippen LogP contribution in [0, 0.1) is 0 Å². The smallest absolute Gasteiger partial charge is 0.261 e. The normalized spacial score (nSPS) is 24.9. The third kappa shape index (κ3) is 6.65. The lowest BCUT2D eigenvalue weighted by atomic mass is 9.98. The minimum Gasteiger partial charge on any atom is -0.392 e. The Kier molecular flexibility index (Phi) is 8.41. The van der Waals surface area contributed by atoms with Gasteiger partial charge in [0.1, 0.15) is 0 Å². The number of likely N-dealkylation sites (tertiary alicyclic amines) is 1. The third-order valence-electron chi connectivity index (χ3n) is 7.97. The highest BCUT2D eigenvalue weighted by Crippen LogP contribution is 2.39. The number of aliphatic hydroxyl groups excluding tert-OH is 1. The Balaban J connectivity index is 1.20. The summed E-state index contributed by atoms with van der Waals surface area (Å²) in [6, 6.07) is 23.2. The molecule has 0 amide bonds. The summed E-state index contributed by atoms with van der Waals surface area (Å²) in [5.41, 5.74) is 3.01. The Morgan fingerprint density at radius 3 is 2.32 bits per heavy atom. The number of anilines is 1. The SMILES string of the molecule is O=S(=O)(Nc1cccc(C2OC(CN3CCC4(CC3)OCCO4)CC(c3ccc(CO)cc3)O2)c1)c1ccccc1. The molecule has 3 aliphatic heterocycles. The maximum Gasteiger partial charge on any atom is 0.261 e. The molecule has 41 heavy (non-hydrogen) atoms. The molecule has 0 aliphatic carbocycles. The largest absolute Gasteiger partial charge is 0.392 e. The highest BCUT2D eigenvalue weighted by Gasteiger charge is 2.41. The van der Waals surface area contributed by atoms with Crippen molar-refractivity contribution in [1.82, 2.24) is 4.90 Å². The van der Waals surface area contributed by atoms with Crippen LogP contribution in [0.25, 0.3) is 0 Å². The first-order chi connectivity index (χ1) is 19.9. The summed E-state index contributed by atoms with van der Waals surface area (Å²) in [5, 5.41) is 9.49. The molecule has 3 aromatic rings. The molecule has 218 valence electrons. The molecule has 0 bridgehead atoms. The molecule has 3 heterocycles. The highest BCUT2D eigenvalue weighted by molar-refractivity contribution is 7.92. The fourth-order valence-corrected chi connectivity index (χ4v) is 6.82. The molecule has 3 fully saturated rings. The monoisotopic (exact) mass is 580 g/mol. The number of aliphatic hydroxyl groups is 1. The van der Waals surface area contributed by atoms with Crippen molar-refractivity contribution in [3.8, 4) is 0 Å². The molecule has 9 nitrogen and oxygen atoms in total. The fourth-order valence-electron chi connectivity index (χ4n) is 5.75. The van der Waals surface area contributed by atoms with E-state index in [9.17, 15) is 13.5 Å². The fraction of sp³-hybridized carbons (Fsp3) is 0.419. The molecule has 3 unspecified atom stereocenters. The van der Waals surface area contributed by atoms with Crippen LogP contribution in [-0.4, -0.2) is 63.2 Å². The lowest BCUT2D eigenvalue weighted by molar-refractivity contribution is -0.255. The van der Waals surface area contributed by atoms with E-state index < -0.39 is 22.1 Å². The summed E-state index contributed by atoms with van der Waals surface area (Å²) in [6.45, 7) is 3.75. The average Bonchev–Trinajstić information content (AvgIpc) is 3.46. The number of rotatable bonds is 8. The van der Waals surface area contributed by atoms with Crippen LogP contribution in [-0.2, 0) is 35.6 Å². The van der Waals surface area contributed by atoms with E-state index in [1.54, 1.807) is 48.5 Å². The van der Waals surface area contributed by atoms with Gasteiger partial charge in [-0.15, -0.1) is 0 Å². The van der Waals surface area contributed by atoms with Gasteiger partial charge < -0.3 is 29.0 Å². The maximum atomic E-state index is 12.9. The van der Waals surface area contributed by atoms with Gasteiger partial charge >= 0.3 is 0 Å². The van der Waals surface area contributed by atoms with Gasteiger partial charge in [-0.2, -0.15) is 0 Å². The molecule has 3 atom stereocenters. The van der Waals surface area contributed by atoms with E-state index in [0.29, 0.717) is 25.3 Å². The van der Waals surface area contributed by atoms with Gasteiger partial charge in [0.15, 0.2) is 12.1 Å². The summed E-state index contributed by atoms with van der Waals surface area (Å²) >= 11 is 0. The molecule has 6 rings (SSSR count). The zero-order valence-electron chi connectivity index (χ0n) is 22.9. The van der Waals surface area contributed by atoms with Crippen molar-refractivity contribution in [3.05, 3.63) is 95.6 Å². The number of sulfonamides is 1. The van der Waals surface area contributed by atoms with Crippen LogP contribution in [0.15, 0.2) is 83.8 Å². The maximum absolute atomic E-state index is 12.9. The standard InChI is InChI=1S/C31H36N2O7S/c34-22-23-9-11-24(12-10-23)29-20-27(21-33-15-13-31(14-16-33)37-17-18-38-31)39-30(40-29)25-5-4-6-26(19-25)32-41(35,36)28-7-2-1-3-8-28/h1-12,19,27,29-30,32,34H,13-18,20-22H2. The van der Waals surface area contributed by atoms with Gasteiger partial charge in [0.05, 0.1) is 36.9 Å². The van der Waals surface area contributed by atoms with Crippen LogP contribution in [0.5, 0.6) is 0 Å². The summed E-state index contributed by atoms with van der Waals surface area (Å²) < 4.78 is 53.3. The van der Waals surface area contributed by atoms with Crippen LogP contribution >= 0.6 is 0 Å². The first-order valence-electron chi connectivity index (χ1n) is 14.1. The van der Waals surface area contributed by atoms with Crippen molar-refractivity contribution in [3.63, 3.8) is 0 Å². The number of nitrogens with zero attached hydrogens (tertiary/aromatic N) is 1. The third-order valence-corrected chi connectivity index (χ3v) is 9.37. The Bertz CT molecular complexity index is 1400. The zero-order valence-corrected chi connectivity index (χ0v) is 23.7. The van der Waals surface area contributed by atoms with Crippen LogP contribution in [0.2, 0.25) is 0 Å². The second kappa shape index (κ2) is 12.2. The molecule has 2 N–H and O–H groups in total. The Morgan fingerprint density at radius 1 is 0.878 bits per heavy atom. The predicted octanol–water partition coefficient (Wildman–Crippen LogP) is 4.36. The average molecular weight is 581 g/mol. The minimum atomic E-state index is -3.74. The minimum absolute atomic E-state index is 0.0181. The number of piperidine rings is 1. The molecule has 1 spiro atoms. The Hall–Kier alpha value is -2.83. The molecule has 0 aromatic heterocycles. The van der Waals surface area contributed by atoms with E-state index >= 15 is 0 Å². The van der Waals surface area contributed by atoms with E-state index in [4.69, 9.17) is 18.9 Å². The van der Waals surface area contributed by atoms with Gasteiger partial charge in [-0.1, -0.05) is 54.6 Å². The number of ether oxygens (including phenoxy) is 4. The number of hydrogen-bond acceptors (Lipinski definition) is 8. The van der Waals surface area contributed by atoms with Gasteiger partial charge in [-0.3, -0.25) is 4.72 Å². The van der Waals surface area contributed by atoms with Crippen molar-refractivity contribution < 1.29 is 32.5 Å². The molecule has 3 aliphatic rings. The van der Waals surface area contributed by atoms with Gasteiger partial charge in [0, 0.05) is 50.1 Å². The quantitative estimate of drug-likeness (QED) is 0.405. The van der Waals surface area contributed by atoms with Gasteiger partial charge in [0.2, 0.25) is 0 Å². The molecular weight excluding hydrogens is 544 g/mol. The van der Waals surface area contributed by atoms with Crippen molar-refractivity contribution in [1.29, 1.82) is 0 Å². The molecule has 3 saturated heterocycles. The summed E-state index contributed by atoms with van der Waals surface area (Å²) in [4.78, 5) is 2.58. The first kappa shape index (κ1) is 28.3. The van der Waals surface area contributed by atoms with Crippen molar-refractivity contribution in [2.24, 2.45) is 0 Å². The van der Waals surface area contributed by atoms with Crippen molar-refractivity contribution in [2.75, 3.05) is 37.6 Å². The van der Waals surface area contributed by atoms with E-state index in [-0.39, 0.29) is 23.7 Å². The van der Waals surface area contributed by atoms with Gasteiger partial charge in [-0.25, -0.2) is 8.42 Å². The summed E-state index contributed by atoms with van der Waals surface area (Å²) in [5.74, 6) is -0.430. The zero-order chi connectivity index (χ0) is 28.3. The van der Waals surface area contributed by atoms with E-state index in [1.807, 2.05) is 30.3 Å². The molecule has 0 radical (unpaired) electrons. The molecule has 3 aromatic carbocycles. The summed E-state index contributed by atoms with van der Waals surface area (Å²) in [7, 11) is -3.74. The van der Waals surface area contributed by atoms with Crippen molar-refractivity contribution >= 4 is 15.7 Å². The highest BCUT2D eigenvalue weighted by atomic mass is 32.2. The summed E-state index contributed by atoms with van der Waals surface area (Å²) in [6.07, 6.45) is 1.30. The number of benzene rings is 3. The van der Waals surface area contributed by atoms with Gasteiger partial charge in [-0.05, 0) is 35.4 Å². The molecular formula is C31H36N2O7S. The van der Waals surface area contributed by atoms with Crippen LogP contribution in [0.4, 0.5) is 5.69 Å². The van der Waals surface area contributed by atoms with Crippen LogP contribution < -0.4 is 4.72 Å².